The number of aryl methyl sites for hydroxylation is 1. The summed E-state index contributed by atoms with van der Waals surface area (Å²) in [5, 5.41) is 8.82. The maximum Gasteiger partial charge on any atom is 0.405 e. The summed E-state index contributed by atoms with van der Waals surface area (Å²) in [6.45, 7) is -0.247. The number of alkyl halides is 3. The molecule has 8 heteroatoms. The van der Waals surface area contributed by atoms with Crippen LogP contribution < -0.4 is 4.90 Å². The van der Waals surface area contributed by atoms with Crippen molar-refractivity contribution in [2.45, 2.75) is 13.1 Å². The number of hydrogen-bond acceptors (Lipinski definition) is 4. The van der Waals surface area contributed by atoms with E-state index in [9.17, 15) is 13.2 Å². The summed E-state index contributed by atoms with van der Waals surface area (Å²) < 4.78 is 36.9. The highest BCUT2D eigenvalue weighted by molar-refractivity contribution is 6.29. The zero-order valence-electron chi connectivity index (χ0n) is 9.00. The normalized spacial score (nSPS) is 11.6. The van der Waals surface area contributed by atoms with Gasteiger partial charge in [0.25, 0.3) is 0 Å². The van der Waals surface area contributed by atoms with Crippen molar-refractivity contribution < 1.29 is 18.3 Å². The Hall–Kier alpha value is -1.08. The Bertz CT molecular complexity index is 366. The zero-order valence-corrected chi connectivity index (χ0v) is 9.76. The molecule has 4 nitrogen and oxygen atoms in total. The van der Waals surface area contributed by atoms with Gasteiger partial charge in [-0.15, -0.1) is 0 Å². The summed E-state index contributed by atoms with van der Waals surface area (Å²) in [6.07, 6.45) is -4.37. The predicted octanol–water partition coefficient (Wildman–Crippen LogP) is 1.80. The molecule has 0 saturated heterocycles. The smallest absolute Gasteiger partial charge is 0.395 e. The molecule has 0 atom stereocenters. The molecule has 1 aromatic rings. The van der Waals surface area contributed by atoms with Crippen LogP contribution in [0.4, 0.5) is 19.0 Å². The fraction of sp³-hybridized carbons (Fsp3) is 0.556. The first-order valence-electron chi connectivity index (χ1n) is 4.75. The number of nitrogens with zero attached hydrogens (tertiary/aromatic N) is 3. The number of hydrogen-bond donors (Lipinski definition) is 1. The van der Waals surface area contributed by atoms with Crippen LogP contribution in [0.5, 0.6) is 0 Å². The maximum absolute atomic E-state index is 12.3. The van der Waals surface area contributed by atoms with Crippen molar-refractivity contribution >= 4 is 17.4 Å². The average Bonchev–Trinajstić information content (AvgIpc) is 2.13. The van der Waals surface area contributed by atoms with E-state index in [1.165, 1.54) is 13.0 Å². The highest BCUT2D eigenvalue weighted by Gasteiger charge is 2.31. The van der Waals surface area contributed by atoms with Gasteiger partial charge in [-0.05, 0) is 6.92 Å². The minimum Gasteiger partial charge on any atom is -0.395 e. The molecule has 1 aromatic heterocycles. The van der Waals surface area contributed by atoms with Crippen LogP contribution in [0.3, 0.4) is 0 Å². The SMILES string of the molecule is Cc1nc(Cl)cc(N(CCO)CC(F)(F)F)n1. The van der Waals surface area contributed by atoms with E-state index in [1.807, 2.05) is 0 Å². The number of rotatable bonds is 4. The minimum absolute atomic E-state index is 0.0499. The Morgan fingerprint density at radius 3 is 2.53 bits per heavy atom. The molecular formula is C9H11ClF3N3O. The maximum atomic E-state index is 12.3. The number of aliphatic hydroxyl groups is 1. The molecule has 0 amide bonds. The third-order valence-corrected chi connectivity index (χ3v) is 2.05. The summed E-state index contributed by atoms with van der Waals surface area (Å²) >= 11 is 5.64. The van der Waals surface area contributed by atoms with Crippen LogP contribution in [0.2, 0.25) is 5.15 Å². The standard InChI is InChI=1S/C9H11ClF3N3O/c1-6-14-7(10)4-8(15-6)16(2-3-17)5-9(11,12)13/h4,17H,2-3,5H2,1H3. The first kappa shape index (κ1) is 14.0. The van der Waals surface area contributed by atoms with E-state index in [4.69, 9.17) is 16.7 Å². The van der Waals surface area contributed by atoms with E-state index < -0.39 is 19.3 Å². The van der Waals surface area contributed by atoms with E-state index >= 15 is 0 Å². The van der Waals surface area contributed by atoms with Crippen LogP contribution in [0.25, 0.3) is 0 Å². The first-order chi connectivity index (χ1) is 7.81. The molecular weight excluding hydrogens is 259 g/mol. The molecule has 0 bridgehead atoms. The van der Waals surface area contributed by atoms with Crippen molar-refractivity contribution in [1.82, 2.24) is 9.97 Å². The van der Waals surface area contributed by atoms with Crippen molar-refractivity contribution in [2.24, 2.45) is 0 Å². The Morgan fingerprint density at radius 1 is 1.41 bits per heavy atom. The number of aliphatic hydroxyl groups excluding tert-OH is 1. The Morgan fingerprint density at radius 2 is 2.06 bits per heavy atom. The highest BCUT2D eigenvalue weighted by atomic mass is 35.5. The number of halogens is 4. The quantitative estimate of drug-likeness (QED) is 0.847. The largest absolute Gasteiger partial charge is 0.405 e. The summed E-state index contributed by atoms with van der Waals surface area (Å²) in [7, 11) is 0. The summed E-state index contributed by atoms with van der Waals surface area (Å²) in [6, 6.07) is 1.23. The van der Waals surface area contributed by atoms with Gasteiger partial charge in [-0.2, -0.15) is 13.2 Å². The molecule has 0 fully saturated rings. The van der Waals surface area contributed by atoms with Crippen molar-refractivity contribution in [3.63, 3.8) is 0 Å². The Labute approximate surface area is 101 Å². The molecule has 0 spiro atoms. The van der Waals surface area contributed by atoms with Gasteiger partial charge in [0.05, 0.1) is 6.61 Å². The van der Waals surface area contributed by atoms with Gasteiger partial charge in [-0.25, -0.2) is 9.97 Å². The van der Waals surface area contributed by atoms with Gasteiger partial charge in [0.2, 0.25) is 0 Å². The van der Waals surface area contributed by atoms with Crippen LogP contribution in [0.15, 0.2) is 6.07 Å². The molecule has 0 aliphatic carbocycles. The Balaban J connectivity index is 2.96. The van der Waals surface area contributed by atoms with Gasteiger partial charge in [0.15, 0.2) is 0 Å². The minimum atomic E-state index is -4.37. The van der Waals surface area contributed by atoms with Gasteiger partial charge in [0, 0.05) is 12.6 Å². The molecule has 17 heavy (non-hydrogen) atoms. The first-order valence-corrected chi connectivity index (χ1v) is 5.13. The lowest BCUT2D eigenvalue weighted by molar-refractivity contribution is -0.120. The second kappa shape index (κ2) is 5.50. The lowest BCUT2D eigenvalue weighted by atomic mass is 10.4. The Kier molecular flexibility index (Phi) is 4.53. The van der Waals surface area contributed by atoms with Crippen LogP contribution in [-0.2, 0) is 0 Å². The van der Waals surface area contributed by atoms with Gasteiger partial charge in [-0.3, -0.25) is 0 Å². The van der Waals surface area contributed by atoms with Crippen LogP contribution in [0, 0.1) is 6.92 Å². The molecule has 0 radical (unpaired) electrons. The number of aromatic nitrogens is 2. The van der Waals surface area contributed by atoms with E-state index in [-0.39, 0.29) is 23.3 Å². The van der Waals surface area contributed by atoms with E-state index in [1.54, 1.807) is 0 Å². The molecule has 1 N–H and O–H groups in total. The lowest BCUT2D eigenvalue weighted by Gasteiger charge is -2.24. The molecule has 0 aromatic carbocycles. The van der Waals surface area contributed by atoms with Crippen LogP contribution in [0.1, 0.15) is 5.82 Å². The molecule has 0 aliphatic heterocycles. The molecule has 0 saturated carbocycles. The molecule has 0 aliphatic rings. The fourth-order valence-electron chi connectivity index (χ4n) is 1.29. The molecule has 1 heterocycles. The zero-order chi connectivity index (χ0) is 13.1. The highest BCUT2D eigenvalue weighted by Crippen LogP contribution is 2.22. The molecule has 0 unspecified atom stereocenters. The molecule has 1 rings (SSSR count). The van der Waals surface area contributed by atoms with Crippen molar-refractivity contribution in [3.8, 4) is 0 Å². The third kappa shape index (κ3) is 4.74. The average molecular weight is 270 g/mol. The van der Waals surface area contributed by atoms with E-state index in [0.717, 1.165) is 4.90 Å². The molecule has 96 valence electrons. The van der Waals surface area contributed by atoms with Gasteiger partial charge < -0.3 is 10.0 Å². The number of anilines is 1. The van der Waals surface area contributed by atoms with Crippen molar-refractivity contribution in [1.29, 1.82) is 0 Å². The van der Waals surface area contributed by atoms with Crippen LogP contribution >= 0.6 is 11.6 Å². The van der Waals surface area contributed by atoms with Gasteiger partial charge >= 0.3 is 6.18 Å². The van der Waals surface area contributed by atoms with Crippen LogP contribution in [-0.4, -0.2) is 40.9 Å². The monoisotopic (exact) mass is 269 g/mol. The van der Waals surface area contributed by atoms with Crippen molar-refractivity contribution in [3.05, 3.63) is 17.0 Å². The second-order valence-electron chi connectivity index (χ2n) is 3.36. The summed E-state index contributed by atoms with van der Waals surface area (Å²) in [5.74, 6) is 0.325. The second-order valence-corrected chi connectivity index (χ2v) is 3.74. The van der Waals surface area contributed by atoms with Crippen molar-refractivity contribution in [2.75, 3.05) is 24.6 Å². The van der Waals surface area contributed by atoms with Gasteiger partial charge in [0.1, 0.15) is 23.3 Å². The lowest BCUT2D eigenvalue weighted by Crippen LogP contribution is -2.37. The van der Waals surface area contributed by atoms with E-state index in [0.29, 0.717) is 0 Å². The van der Waals surface area contributed by atoms with E-state index in [2.05, 4.69) is 9.97 Å². The fourth-order valence-corrected chi connectivity index (χ4v) is 1.51. The van der Waals surface area contributed by atoms with Gasteiger partial charge in [-0.1, -0.05) is 11.6 Å². The summed E-state index contributed by atoms with van der Waals surface area (Å²) in [5.41, 5.74) is 0. The third-order valence-electron chi connectivity index (χ3n) is 1.86. The topological polar surface area (TPSA) is 49.2 Å². The summed E-state index contributed by atoms with van der Waals surface area (Å²) in [4.78, 5) is 8.52. The predicted molar refractivity (Wildman–Crippen MR) is 57.1 cm³/mol.